The molecule has 73 heavy (non-hydrogen) atoms. The minimum Gasteiger partial charge on any atom is -0.497 e. The van der Waals surface area contributed by atoms with Crippen molar-refractivity contribution in [1.29, 1.82) is 0 Å². The first kappa shape index (κ1) is 56.0. The van der Waals surface area contributed by atoms with Gasteiger partial charge in [0.05, 0.1) is 41.6 Å². The smallest absolute Gasteiger partial charge is 0.408 e. The first-order valence-electron chi connectivity index (χ1n) is 26.0. The maximum Gasteiger partial charge on any atom is 0.408 e. The molecule has 2 fully saturated rings. The number of aliphatic carboxylic acids is 1. The number of benzene rings is 4. The molecule has 0 radical (unpaired) electrons. The number of hydrogen-bond acceptors (Lipinski definition) is 10. The van der Waals surface area contributed by atoms with Gasteiger partial charge < -0.3 is 48.7 Å². The van der Waals surface area contributed by atoms with Gasteiger partial charge >= 0.3 is 12.1 Å². The Kier molecular flexibility index (Phi) is 21.2. The van der Waals surface area contributed by atoms with Crippen molar-refractivity contribution in [3.05, 3.63) is 125 Å². The third-order valence-electron chi connectivity index (χ3n) is 13.3. The molecule has 2 saturated heterocycles. The molecule has 0 unspecified atom stereocenters. The van der Waals surface area contributed by atoms with Gasteiger partial charge in [0.15, 0.2) is 0 Å². The van der Waals surface area contributed by atoms with Crippen LogP contribution in [0.25, 0.3) is 22.1 Å². The zero-order valence-electron chi connectivity index (χ0n) is 44.4. The van der Waals surface area contributed by atoms with Crippen LogP contribution in [0.5, 0.6) is 5.75 Å². The number of carbonyl (C=O) groups excluding carboxylic acids is 2. The quantitative estimate of drug-likeness (QED) is 0.0700. The van der Waals surface area contributed by atoms with Crippen LogP contribution in [0.2, 0.25) is 0 Å². The van der Waals surface area contributed by atoms with E-state index in [2.05, 4.69) is 75.2 Å². The third-order valence-corrected chi connectivity index (χ3v) is 13.3. The normalized spacial score (nSPS) is 16.6. The molecule has 0 bridgehead atoms. The molecule has 15 heteroatoms. The van der Waals surface area contributed by atoms with Crippen LogP contribution >= 0.6 is 0 Å². The predicted molar refractivity (Wildman–Crippen MR) is 287 cm³/mol. The Morgan fingerprint density at radius 3 is 1.95 bits per heavy atom. The van der Waals surface area contributed by atoms with E-state index in [0.717, 1.165) is 117 Å². The number of alkyl carbamates (subject to hydrolysis) is 1. The molecule has 8 rings (SSSR count). The molecule has 2 aromatic heterocycles. The van der Waals surface area contributed by atoms with E-state index in [9.17, 15) is 14.4 Å². The number of piperidine rings is 2. The zero-order valence-corrected chi connectivity index (χ0v) is 44.4. The molecular weight excluding hydrogens is 923 g/mol. The summed E-state index contributed by atoms with van der Waals surface area (Å²) in [5.74, 6) is 3.36. The summed E-state index contributed by atoms with van der Waals surface area (Å²) >= 11 is 0. The van der Waals surface area contributed by atoms with E-state index < -0.39 is 23.7 Å². The lowest BCUT2D eigenvalue weighted by Crippen LogP contribution is -2.40. The average Bonchev–Trinajstić information content (AvgIpc) is 3.95. The lowest BCUT2D eigenvalue weighted by molar-refractivity contribution is -0.137. The van der Waals surface area contributed by atoms with Gasteiger partial charge in [-0.25, -0.2) is 14.8 Å². The van der Waals surface area contributed by atoms with Crippen molar-refractivity contribution in [3.8, 4) is 5.75 Å². The van der Waals surface area contributed by atoms with Crippen LogP contribution in [0.3, 0.4) is 0 Å². The Morgan fingerprint density at radius 1 is 0.767 bits per heavy atom. The van der Waals surface area contributed by atoms with E-state index in [1.165, 1.54) is 29.7 Å². The number of aromatic nitrogens is 4. The first-order valence-corrected chi connectivity index (χ1v) is 26.0. The Balaban J connectivity index is 0.000000189. The van der Waals surface area contributed by atoms with Crippen molar-refractivity contribution in [2.24, 2.45) is 0 Å². The van der Waals surface area contributed by atoms with Crippen molar-refractivity contribution in [3.63, 3.8) is 0 Å². The summed E-state index contributed by atoms with van der Waals surface area (Å²) in [4.78, 5) is 47.9. The number of carbonyl (C=O) groups is 3. The molecule has 4 atom stereocenters. The standard InChI is InChI=1S/C27H35N3O3.C16H23N3O.C15H21NO4/c1-20(21-9-6-11-23(18-21)33-3)17-26(31)29-14-7-10-22(19-29)27-28-24-12-4-5-13-25(24)30(27)15-8-16-32-2;1-20-11-5-10-19-15-8-3-2-7-14(15)18-16(19)13-6-4-9-17-12-13;1-10-6-5-7-11(8-10)12(9-13(17)18)16-14(19)20-15(2,3)4/h4-6,9,11-13,18,20,22H,7-8,10,14-17,19H2,1-3H3;2-3,7-8,13,17H,4-6,9-12H2,1H3;5-8,12H,9H2,1-4H3,(H,16,19)(H,17,18)/t20-,22+;13-;12-/m010/s1. The van der Waals surface area contributed by atoms with Gasteiger partial charge in [-0.05, 0) is 126 Å². The molecule has 394 valence electrons. The molecule has 4 aromatic carbocycles. The van der Waals surface area contributed by atoms with Crippen molar-refractivity contribution in [1.82, 2.24) is 34.6 Å². The van der Waals surface area contributed by atoms with Crippen LogP contribution in [-0.2, 0) is 36.9 Å². The highest BCUT2D eigenvalue weighted by atomic mass is 16.6. The Labute approximate surface area is 432 Å². The predicted octanol–water partition coefficient (Wildman–Crippen LogP) is 10.6. The number of aryl methyl sites for hydroxylation is 3. The molecule has 0 aliphatic carbocycles. The van der Waals surface area contributed by atoms with E-state index in [0.29, 0.717) is 12.3 Å². The summed E-state index contributed by atoms with van der Waals surface area (Å²) in [5, 5.41) is 15.1. The van der Waals surface area contributed by atoms with Crippen LogP contribution in [-0.4, -0.2) is 113 Å². The van der Waals surface area contributed by atoms with Gasteiger partial charge in [0.2, 0.25) is 5.91 Å². The highest BCUT2D eigenvalue weighted by Crippen LogP contribution is 2.32. The molecule has 0 saturated carbocycles. The van der Waals surface area contributed by atoms with Crippen LogP contribution in [0.4, 0.5) is 4.79 Å². The largest absolute Gasteiger partial charge is 0.497 e. The fourth-order valence-electron chi connectivity index (χ4n) is 9.72. The van der Waals surface area contributed by atoms with Crippen molar-refractivity contribution < 1.29 is 38.4 Å². The molecule has 0 spiro atoms. The van der Waals surface area contributed by atoms with Crippen molar-refractivity contribution in [2.75, 3.05) is 60.7 Å². The van der Waals surface area contributed by atoms with Gasteiger partial charge in [0.25, 0.3) is 0 Å². The van der Waals surface area contributed by atoms with Crippen molar-refractivity contribution >= 4 is 40.0 Å². The van der Waals surface area contributed by atoms with Gasteiger partial charge in [0, 0.05) is 78.4 Å². The number of ether oxygens (including phenoxy) is 4. The van der Waals surface area contributed by atoms with E-state index in [-0.39, 0.29) is 24.2 Å². The number of rotatable bonds is 18. The number of amides is 2. The summed E-state index contributed by atoms with van der Waals surface area (Å²) in [6.07, 6.45) is 6.21. The van der Waals surface area contributed by atoms with Crippen LogP contribution in [0.1, 0.15) is 131 Å². The maximum atomic E-state index is 13.2. The maximum absolute atomic E-state index is 13.2. The molecule has 6 aromatic rings. The number of para-hydroxylation sites is 4. The van der Waals surface area contributed by atoms with Gasteiger partial charge in [-0.2, -0.15) is 0 Å². The number of fused-ring (bicyclic) bond motifs is 2. The van der Waals surface area contributed by atoms with Gasteiger partial charge in [0.1, 0.15) is 23.0 Å². The Morgan fingerprint density at radius 2 is 1.37 bits per heavy atom. The monoisotopic (exact) mass is 1000 g/mol. The summed E-state index contributed by atoms with van der Waals surface area (Å²) in [5.41, 5.74) is 6.83. The number of likely N-dealkylation sites (tertiary alicyclic amines) is 1. The Hall–Kier alpha value is -6.29. The number of imidazole rings is 2. The van der Waals surface area contributed by atoms with E-state index in [1.54, 1.807) is 48.2 Å². The number of nitrogens with zero attached hydrogens (tertiary/aromatic N) is 5. The highest BCUT2D eigenvalue weighted by molar-refractivity contribution is 5.78. The first-order chi connectivity index (χ1) is 35.2. The lowest BCUT2D eigenvalue weighted by Gasteiger charge is -2.33. The number of methoxy groups -OCH3 is 3. The summed E-state index contributed by atoms with van der Waals surface area (Å²) < 4.78 is 25.7. The van der Waals surface area contributed by atoms with Gasteiger partial charge in [-0.3, -0.25) is 9.59 Å². The van der Waals surface area contributed by atoms with Gasteiger partial charge in [-0.15, -0.1) is 0 Å². The lowest BCUT2D eigenvalue weighted by atomic mass is 9.94. The van der Waals surface area contributed by atoms with Crippen LogP contribution in [0, 0.1) is 6.92 Å². The molecule has 15 nitrogen and oxygen atoms in total. The molecule has 2 aliphatic rings. The molecule has 2 amide bonds. The van der Waals surface area contributed by atoms with Crippen LogP contribution < -0.4 is 15.4 Å². The minimum absolute atomic E-state index is 0.145. The van der Waals surface area contributed by atoms with E-state index in [4.69, 9.17) is 34.0 Å². The second-order valence-electron chi connectivity index (χ2n) is 20.2. The third kappa shape index (κ3) is 16.6. The van der Waals surface area contributed by atoms with Crippen LogP contribution in [0.15, 0.2) is 97.1 Å². The van der Waals surface area contributed by atoms with Crippen molar-refractivity contribution in [2.45, 2.75) is 128 Å². The number of nitrogens with one attached hydrogen (secondary N) is 2. The number of carboxylic acids is 1. The highest BCUT2D eigenvalue weighted by Gasteiger charge is 2.30. The SMILES string of the molecule is COCCCn1c([C@@H]2CCCN(C(=O)C[C@H](C)c3cccc(OC)c3)C2)nc2ccccc21.COCCCn1c([C@@H]2CCCNC2)nc2ccccc21.Cc1cccc([C@H](CC(=O)O)NC(=O)OC(C)(C)C)c1. The van der Waals surface area contributed by atoms with E-state index >= 15 is 0 Å². The second-order valence-corrected chi connectivity index (χ2v) is 20.2. The minimum atomic E-state index is -0.979. The zero-order chi connectivity index (χ0) is 52.3. The number of hydrogen-bond donors (Lipinski definition) is 3. The topological polar surface area (TPSA) is 171 Å². The fourth-order valence-corrected chi connectivity index (χ4v) is 9.72. The molecule has 4 heterocycles. The van der Waals surface area contributed by atoms with Gasteiger partial charge in [-0.1, -0.05) is 73.2 Å². The fraction of sp³-hybridized carbons (Fsp3) is 0.500. The second kappa shape index (κ2) is 27.7. The van der Waals surface area contributed by atoms with E-state index in [1.807, 2.05) is 54.3 Å². The summed E-state index contributed by atoms with van der Waals surface area (Å²) in [7, 11) is 5.17. The Bertz CT molecular complexity index is 2690. The molecule has 2 aliphatic heterocycles. The summed E-state index contributed by atoms with van der Waals surface area (Å²) in [6, 6.07) is 31.6. The molecule has 3 N–H and O–H groups in total. The average molecular weight is 1000 g/mol. The number of carboxylic acid groups (broad SMARTS) is 1. The summed E-state index contributed by atoms with van der Waals surface area (Å²) in [6.45, 7) is 16.4. The molecular formula is C58H79N7O8.